The highest BCUT2D eigenvalue weighted by Crippen LogP contribution is 2.34. The van der Waals surface area contributed by atoms with Gasteiger partial charge in [-0.3, -0.25) is 9.69 Å². The Labute approximate surface area is 138 Å². The zero-order valence-electron chi connectivity index (χ0n) is 13.8. The molecule has 0 aromatic heterocycles. The van der Waals surface area contributed by atoms with Crippen molar-refractivity contribution in [1.82, 2.24) is 10.2 Å². The fraction of sp³-hybridized carbons (Fsp3) is 0.938. The fourth-order valence-corrected chi connectivity index (χ4v) is 4.56. The number of hydrogen-bond donors (Lipinski definition) is 2. The number of nitrogens with zero attached hydrogens (tertiary/aromatic N) is 1. The number of carbonyl (C=O) groups excluding carboxylic acids is 1. The molecule has 1 unspecified atom stereocenters. The molecule has 0 bridgehead atoms. The first-order valence-corrected chi connectivity index (χ1v) is 9.68. The summed E-state index contributed by atoms with van der Waals surface area (Å²) < 4.78 is 5.20. The van der Waals surface area contributed by atoms with Gasteiger partial charge in [0.2, 0.25) is 5.91 Å². The lowest BCUT2D eigenvalue weighted by Gasteiger charge is -2.48. The third kappa shape index (κ3) is 4.85. The minimum Gasteiger partial charge on any atom is -0.380 e. The molecule has 1 atom stereocenters. The highest BCUT2D eigenvalue weighted by atomic mass is 32.2. The highest BCUT2D eigenvalue weighted by molar-refractivity contribution is 7.99. The molecule has 0 radical (unpaired) electrons. The van der Waals surface area contributed by atoms with Gasteiger partial charge in [0.1, 0.15) is 0 Å². The Hall–Kier alpha value is -0.300. The third-order valence-corrected chi connectivity index (χ3v) is 6.03. The van der Waals surface area contributed by atoms with Crippen molar-refractivity contribution >= 4 is 17.7 Å². The van der Waals surface area contributed by atoms with Gasteiger partial charge in [0, 0.05) is 50.3 Å². The summed E-state index contributed by atoms with van der Waals surface area (Å²) in [4.78, 5) is 14.8. The number of methoxy groups -OCH3 is 1. The fourth-order valence-electron chi connectivity index (χ4n) is 3.66. The molecular weight excluding hydrogens is 298 g/mol. The first-order chi connectivity index (χ1) is 10.7. The largest absolute Gasteiger partial charge is 0.380 e. The number of carbonyl (C=O) groups is 1. The zero-order valence-corrected chi connectivity index (χ0v) is 14.6. The molecule has 1 saturated carbocycles. The van der Waals surface area contributed by atoms with E-state index in [4.69, 9.17) is 10.5 Å². The molecule has 3 N–H and O–H groups in total. The summed E-state index contributed by atoms with van der Waals surface area (Å²) in [5.74, 6) is 2.50. The summed E-state index contributed by atoms with van der Waals surface area (Å²) >= 11 is 2.04. The number of ether oxygens (including phenoxy) is 1. The predicted molar refractivity (Wildman–Crippen MR) is 92.2 cm³/mol. The van der Waals surface area contributed by atoms with Crippen LogP contribution in [-0.2, 0) is 9.53 Å². The molecule has 2 rings (SSSR count). The van der Waals surface area contributed by atoms with Crippen molar-refractivity contribution in [2.24, 2.45) is 5.73 Å². The Kier molecular flexibility index (Phi) is 7.47. The quantitative estimate of drug-likeness (QED) is 0.735. The lowest BCUT2D eigenvalue weighted by molar-refractivity contribution is -0.124. The summed E-state index contributed by atoms with van der Waals surface area (Å²) in [6.07, 6.45) is 6.50. The summed E-state index contributed by atoms with van der Waals surface area (Å²) in [5.41, 5.74) is 5.78. The molecule has 0 aromatic rings. The molecule has 128 valence electrons. The number of amides is 1. The maximum absolute atomic E-state index is 12.2. The van der Waals surface area contributed by atoms with Gasteiger partial charge in [0.15, 0.2) is 0 Å². The molecule has 0 spiro atoms. The molecule has 22 heavy (non-hydrogen) atoms. The van der Waals surface area contributed by atoms with Crippen LogP contribution in [0.25, 0.3) is 0 Å². The molecule has 2 aliphatic rings. The summed E-state index contributed by atoms with van der Waals surface area (Å²) in [5, 5.41) is 3.17. The predicted octanol–water partition coefficient (Wildman–Crippen LogP) is 1.22. The minimum absolute atomic E-state index is 0.0635. The Morgan fingerprint density at radius 1 is 1.32 bits per heavy atom. The summed E-state index contributed by atoms with van der Waals surface area (Å²) in [6, 6.07) is 0. The van der Waals surface area contributed by atoms with Crippen LogP contribution in [0.15, 0.2) is 0 Å². The van der Waals surface area contributed by atoms with Crippen molar-refractivity contribution in [3.05, 3.63) is 0 Å². The van der Waals surface area contributed by atoms with E-state index in [9.17, 15) is 4.79 Å². The molecule has 1 heterocycles. The van der Waals surface area contributed by atoms with Crippen molar-refractivity contribution < 1.29 is 9.53 Å². The van der Waals surface area contributed by atoms with Crippen LogP contribution in [0, 0.1) is 0 Å². The normalized spacial score (nSPS) is 23.9. The van der Waals surface area contributed by atoms with E-state index in [2.05, 4.69) is 10.2 Å². The van der Waals surface area contributed by atoms with Crippen molar-refractivity contribution in [2.75, 3.05) is 44.8 Å². The van der Waals surface area contributed by atoms with E-state index < -0.39 is 0 Å². The van der Waals surface area contributed by atoms with Gasteiger partial charge < -0.3 is 15.8 Å². The monoisotopic (exact) mass is 329 g/mol. The van der Waals surface area contributed by atoms with E-state index in [-0.39, 0.29) is 17.6 Å². The highest BCUT2D eigenvalue weighted by Gasteiger charge is 2.38. The SMILES string of the molecule is COC(CN)CC(=O)NCC1(N2CCSCC2)CCCCC1. The Bertz CT molecular complexity index is 338. The van der Waals surface area contributed by atoms with Crippen LogP contribution in [0.4, 0.5) is 0 Å². The maximum atomic E-state index is 12.2. The molecule has 1 saturated heterocycles. The van der Waals surface area contributed by atoms with Crippen molar-refractivity contribution in [3.8, 4) is 0 Å². The van der Waals surface area contributed by atoms with Gasteiger partial charge in [-0.15, -0.1) is 0 Å². The first kappa shape index (κ1) is 18.0. The van der Waals surface area contributed by atoms with E-state index in [0.29, 0.717) is 13.0 Å². The van der Waals surface area contributed by atoms with Crippen molar-refractivity contribution in [1.29, 1.82) is 0 Å². The number of rotatable bonds is 7. The minimum atomic E-state index is -0.173. The molecule has 0 aromatic carbocycles. The molecule has 1 aliphatic carbocycles. The average molecular weight is 330 g/mol. The van der Waals surface area contributed by atoms with Crippen molar-refractivity contribution in [3.63, 3.8) is 0 Å². The van der Waals surface area contributed by atoms with E-state index >= 15 is 0 Å². The van der Waals surface area contributed by atoms with Gasteiger partial charge in [-0.25, -0.2) is 0 Å². The van der Waals surface area contributed by atoms with Gasteiger partial charge in [0.25, 0.3) is 0 Å². The Balaban J connectivity index is 1.90. The van der Waals surface area contributed by atoms with E-state index in [1.165, 1.54) is 43.6 Å². The number of thioether (sulfide) groups is 1. The van der Waals surface area contributed by atoms with Gasteiger partial charge in [-0.2, -0.15) is 11.8 Å². The lowest BCUT2D eigenvalue weighted by atomic mass is 9.80. The van der Waals surface area contributed by atoms with Gasteiger partial charge in [-0.05, 0) is 12.8 Å². The number of nitrogens with two attached hydrogens (primary N) is 1. The van der Waals surface area contributed by atoms with Crippen molar-refractivity contribution in [2.45, 2.75) is 50.2 Å². The van der Waals surface area contributed by atoms with Crippen LogP contribution < -0.4 is 11.1 Å². The van der Waals surface area contributed by atoms with Crippen LogP contribution in [0.2, 0.25) is 0 Å². The molecular formula is C16H31N3O2S. The van der Waals surface area contributed by atoms with Crippen LogP contribution >= 0.6 is 11.8 Å². The standard InChI is InChI=1S/C16H31N3O2S/c1-21-14(12-17)11-15(20)18-13-16(5-3-2-4-6-16)19-7-9-22-10-8-19/h14H,2-13,17H2,1H3,(H,18,20). The van der Waals surface area contributed by atoms with E-state index in [0.717, 1.165) is 19.6 Å². The second-order valence-corrected chi connectivity index (χ2v) is 7.68. The molecule has 1 aliphatic heterocycles. The summed E-state index contributed by atoms with van der Waals surface area (Å²) in [6.45, 7) is 3.48. The molecule has 2 fully saturated rings. The third-order valence-electron chi connectivity index (χ3n) is 5.09. The average Bonchev–Trinajstić information content (AvgIpc) is 2.59. The zero-order chi connectivity index (χ0) is 15.8. The van der Waals surface area contributed by atoms with Crippen LogP contribution in [0.5, 0.6) is 0 Å². The van der Waals surface area contributed by atoms with Crippen LogP contribution in [-0.4, -0.2) is 67.2 Å². The molecule has 1 amide bonds. The van der Waals surface area contributed by atoms with E-state index in [1.807, 2.05) is 11.8 Å². The maximum Gasteiger partial charge on any atom is 0.222 e. The second-order valence-electron chi connectivity index (χ2n) is 6.46. The lowest BCUT2D eigenvalue weighted by Crippen LogP contribution is -2.59. The van der Waals surface area contributed by atoms with E-state index in [1.54, 1.807) is 7.11 Å². The molecule has 6 heteroatoms. The van der Waals surface area contributed by atoms with Crippen LogP contribution in [0.3, 0.4) is 0 Å². The topological polar surface area (TPSA) is 67.6 Å². The van der Waals surface area contributed by atoms with Gasteiger partial charge >= 0.3 is 0 Å². The van der Waals surface area contributed by atoms with Crippen LogP contribution in [0.1, 0.15) is 38.5 Å². The first-order valence-electron chi connectivity index (χ1n) is 8.52. The number of hydrogen-bond acceptors (Lipinski definition) is 5. The van der Waals surface area contributed by atoms with Gasteiger partial charge in [0.05, 0.1) is 12.5 Å². The smallest absolute Gasteiger partial charge is 0.222 e. The number of nitrogens with one attached hydrogen (secondary N) is 1. The second kappa shape index (κ2) is 9.11. The van der Waals surface area contributed by atoms with Gasteiger partial charge in [-0.1, -0.05) is 19.3 Å². The Morgan fingerprint density at radius 3 is 2.59 bits per heavy atom. The summed E-state index contributed by atoms with van der Waals surface area (Å²) in [7, 11) is 1.61. The molecule has 5 nitrogen and oxygen atoms in total. The Morgan fingerprint density at radius 2 is 2.00 bits per heavy atom.